The van der Waals surface area contributed by atoms with Gasteiger partial charge in [-0.3, -0.25) is 4.79 Å². The van der Waals surface area contributed by atoms with Crippen LogP contribution in [0.25, 0.3) is 0 Å². The van der Waals surface area contributed by atoms with Crippen molar-refractivity contribution in [3.8, 4) is 0 Å². The van der Waals surface area contributed by atoms with Gasteiger partial charge in [-0.25, -0.2) is 0 Å². The number of rotatable bonds is 1. The van der Waals surface area contributed by atoms with Crippen LogP contribution < -0.4 is 0 Å². The van der Waals surface area contributed by atoms with Crippen LogP contribution in [0.5, 0.6) is 0 Å². The molecule has 0 saturated heterocycles. The molecule has 3 heteroatoms. The Balaban J connectivity index is 0.000000424. The van der Waals surface area contributed by atoms with E-state index >= 15 is 0 Å². The first-order valence-electron chi connectivity index (χ1n) is 3.88. The lowest BCUT2D eigenvalue weighted by atomic mass is 9.99. The lowest BCUT2D eigenvalue weighted by Gasteiger charge is -2.16. The molecule has 72 valence electrons. The molecule has 0 saturated carbocycles. The van der Waals surface area contributed by atoms with Crippen molar-refractivity contribution in [1.29, 1.82) is 0 Å². The second kappa shape index (κ2) is 5.32. The Morgan fingerprint density at radius 1 is 1.23 bits per heavy atom. The molecule has 3 nitrogen and oxygen atoms in total. The normalized spacial score (nSPS) is 9.77. The number of carboxylic acid groups (broad SMARTS) is 1. The third kappa shape index (κ3) is 4.98. The van der Waals surface area contributed by atoms with E-state index < -0.39 is 5.60 Å². The minimum Gasteiger partial charge on any atom is -0.483 e. The van der Waals surface area contributed by atoms with Crippen LogP contribution in [0.4, 0.5) is 0 Å². The molecule has 1 aromatic rings. The van der Waals surface area contributed by atoms with Gasteiger partial charge in [-0.05, 0) is 19.4 Å². The molecule has 2 N–H and O–H groups in total. The second-order valence-corrected chi connectivity index (χ2v) is 3.03. The number of hydrogen-bond donors (Lipinski definition) is 2. The molecule has 1 aromatic carbocycles. The lowest BCUT2D eigenvalue weighted by molar-refractivity contribution is -0.122. The molecule has 0 aromatic heterocycles. The van der Waals surface area contributed by atoms with Gasteiger partial charge in [0.15, 0.2) is 0 Å². The van der Waals surface area contributed by atoms with Gasteiger partial charge < -0.3 is 10.2 Å². The number of benzene rings is 1. The summed E-state index contributed by atoms with van der Waals surface area (Å²) in [6.45, 7) is 3.31. The average Bonchev–Trinajstić information content (AvgIpc) is 2.06. The Bertz CT molecular complexity index is 236. The monoisotopic (exact) mass is 182 g/mol. The zero-order valence-electron chi connectivity index (χ0n) is 7.77. The summed E-state index contributed by atoms with van der Waals surface area (Å²) in [7, 11) is 0. The summed E-state index contributed by atoms with van der Waals surface area (Å²) in [6, 6.07) is 9.62. The molecule has 0 heterocycles. The Kier molecular flexibility index (Phi) is 4.77. The SMILES string of the molecule is CC(C)(O)c1ccccc1.O=CO. The van der Waals surface area contributed by atoms with Gasteiger partial charge in [-0.1, -0.05) is 30.3 Å². The van der Waals surface area contributed by atoms with Gasteiger partial charge in [0.05, 0.1) is 5.60 Å². The topological polar surface area (TPSA) is 57.5 Å². The molecule has 13 heavy (non-hydrogen) atoms. The van der Waals surface area contributed by atoms with Gasteiger partial charge in [-0.2, -0.15) is 0 Å². The van der Waals surface area contributed by atoms with Crippen molar-refractivity contribution in [3.05, 3.63) is 35.9 Å². The van der Waals surface area contributed by atoms with E-state index in [2.05, 4.69) is 0 Å². The lowest BCUT2D eigenvalue weighted by Crippen LogP contribution is -2.14. The first-order valence-corrected chi connectivity index (χ1v) is 3.88. The smallest absolute Gasteiger partial charge is 0.290 e. The highest BCUT2D eigenvalue weighted by Gasteiger charge is 2.13. The first kappa shape index (κ1) is 11.6. The summed E-state index contributed by atoms with van der Waals surface area (Å²) in [4.78, 5) is 8.36. The Morgan fingerprint density at radius 2 is 1.62 bits per heavy atom. The zero-order chi connectivity index (χ0) is 10.3. The summed E-state index contributed by atoms with van der Waals surface area (Å²) in [5.74, 6) is 0. The van der Waals surface area contributed by atoms with Crippen LogP contribution in [0, 0.1) is 0 Å². The van der Waals surface area contributed by atoms with Crippen molar-refractivity contribution >= 4 is 6.47 Å². The molecule has 1 rings (SSSR count). The molecule has 0 aliphatic heterocycles. The van der Waals surface area contributed by atoms with Crippen LogP contribution in [-0.2, 0) is 10.4 Å². The van der Waals surface area contributed by atoms with E-state index in [4.69, 9.17) is 9.90 Å². The van der Waals surface area contributed by atoms with Crippen molar-refractivity contribution in [2.75, 3.05) is 0 Å². The largest absolute Gasteiger partial charge is 0.483 e. The molecule has 0 unspecified atom stereocenters. The van der Waals surface area contributed by atoms with Crippen LogP contribution in [-0.4, -0.2) is 16.7 Å². The van der Waals surface area contributed by atoms with Gasteiger partial charge in [0.2, 0.25) is 0 Å². The van der Waals surface area contributed by atoms with Crippen LogP contribution in [0.2, 0.25) is 0 Å². The molecule has 0 fully saturated rings. The van der Waals surface area contributed by atoms with Crippen LogP contribution >= 0.6 is 0 Å². The quantitative estimate of drug-likeness (QED) is 0.649. The predicted octanol–water partition coefficient (Wildman–Crippen LogP) is 1.61. The van der Waals surface area contributed by atoms with Gasteiger partial charge in [0.25, 0.3) is 6.47 Å². The molecule has 0 atom stereocenters. The van der Waals surface area contributed by atoms with Crippen LogP contribution in [0.1, 0.15) is 19.4 Å². The highest BCUT2D eigenvalue weighted by Crippen LogP contribution is 2.17. The number of aliphatic hydroxyl groups is 1. The molecule has 0 radical (unpaired) electrons. The third-order valence-electron chi connectivity index (χ3n) is 1.48. The Hall–Kier alpha value is -1.35. The van der Waals surface area contributed by atoms with Crippen molar-refractivity contribution in [3.63, 3.8) is 0 Å². The first-order chi connectivity index (χ1) is 6.02. The fourth-order valence-electron chi connectivity index (χ4n) is 0.846. The summed E-state index contributed by atoms with van der Waals surface area (Å²) >= 11 is 0. The molecule has 0 bridgehead atoms. The van der Waals surface area contributed by atoms with E-state index in [1.807, 2.05) is 30.3 Å². The molecule has 0 aliphatic rings. The van der Waals surface area contributed by atoms with Crippen molar-refractivity contribution in [1.82, 2.24) is 0 Å². The maximum absolute atomic E-state index is 9.49. The maximum atomic E-state index is 9.49. The van der Waals surface area contributed by atoms with Gasteiger partial charge in [0.1, 0.15) is 0 Å². The third-order valence-corrected chi connectivity index (χ3v) is 1.48. The van der Waals surface area contributed by atoms with Crippen molar-refractivity contribution in [2.45, 2.75) is 19.4 Å². The van der Waals surface area contributed by atoms with Gasteiger partial charge >= 0.3 is 0 Å². The molecule has 0 spiro atoms. The highest BCUT2D eigenvalue weighted by molar-refractivity contribution is 5.32. The fraction of sp³-hybridized carbons (Fsp3) is 0.300. The molecule has 0 aliphatic carbocycles. The van der Waals surface area contributed by atoms with E-state index in [1.54, 1.807) is 13.8 Å². The summed E-state index contributed by atoms with van der Waals surface area (Å²) in [6.07, 6.45) is 0. The molecular weight excluding hydrogens is 168 g/mol. The van der Waals surface area contributed by atoms with E-state index in [0.717, 1.165) is 5.56 Å². The zero-order valence-corrected chi connectivity index (χ0v) is 7.77. The maximum Gasteiger partial charge on any atom is 0.290 e. The summed E-state index contributed by atoms with van der Waals surface area (Å²) in [5.41, 5.74) is 0.247. The standard InChI is InChI=1S/C9H12O.CH2O2/c1-9(2,10)8-6-4-3-5-7-8;2-1-3/h3-7,10H,1-2H3;1H,(H,2,3). The number of hydrogen-bond acceptors (Lipinski definition) is 2. The van der Waals surface area contributed by atoms with Gasteiger partial charge in [-0.15, -0.1) is 0 Å². The van der Waals surface area contributed by atoms with Crippen molar-refractivity contribution in [2.24, 2.45) is 0 Å². The van der Waals surface area contributed by atoms with Crippen LogP contribution in [0.15, 0.2) is 30.3 Å². The average molecular weight is 182 g/mol. The van der Waals surface area contributed by atoms with E-state index in [-0.39, 0.29) is 6.47 Å². The Morgan fingerprint density at radius 3 is 1.85 bits per heavy atom. The second-order valence-electron chi connectivity index (χ2n) is 3.03. The summed E-state index contributed by atoms with van der Waals surface area (Å²) in [5, 5.41) is 16.4. The summed E-state index contributed by atoms with van der Waals surface area (Å²) < 4.78 is 0. The van der Waals surface area contributed by atoms with Gasteiger partial charge in [0, 0.05) is 0 Å². The van der Waals surface area contributed by atoms with E-state index in [0.29, 0.717) is 0 Å². The Labute approximate surface area is 77.6 Å². The van der Waals surface area contributed by atoms with E-state index in [9.17, 15) is 5.11 Å². The highest BCUT2D eigenvalue weighted by atomic mass is 16.3. The number of carbonyl (C=O) groups is 1. The predicted molar refractivity (Wildman–Crippen MR) is 50.4 cm³/mol. The van der Waals surface area contributed by atoms with Crippen LogP contribution in [0.3, 0.4) is 0 Å². The van der Waals surface area contributed by atoms with E-state index in [1.165, 1.54) is 0 Å². The molecular formula is C10H14O3. The minimum absolute atomic E-state index is 0.250. The van der Waals surface area contributed by atoms with Crippen molar-refractivity contribution < 1.29 is 15.0 Å². The molecule has 0 amide bonds. The minimum atomic E-state index is -0.707. The fourth-order valence-corrected chi connectivity index (χ4v) is 0.846.